The van der Waals surface area contributed by atoms with Gasteiger partial charge in [0, 0.05) is 0 Å². The number of esters is 1. The van der Waals surface area contributed by atoms with Gasteiger partial charge >= 0.3 is 5.97 Å². The molecule has 2 nitrogen and oxygen atoms in total. The van der Waals surface area contributed by atoms with Crippen molar-refractivity contribution in [1.29, 1.82) is 0 Å². The SMILES string of the molecule is CCOC(=O)[C@H]1C[C@@H]1c1cccc(C2CC2)c1. The molecule has 0 spiro atoms. The first kappa shape index (κ1) is 10.8. The number of benzene rings is 1. The first-order valence-corrected chi connectivity index (χ1v) is 6.56. The van der Waals surface area contributed by atoms with E-state index >= 15 is 0 Å². The average molecular weight is 230 g/mol. The van der Waals surface area contributed by atoms with Crippen molar-refractivity contribution in [2.45, 2.75) is 38.0 Å². The van der Waals surface area contributed by atoms with Gasteiger partial charge in [0.25, 0.3) is 0 Å². The van der Waals surface area contributed by atoms with Gasteiger partial charge in [0.15, 0.2) is 0 Å². The van der Waals surface area contributed by atoms with Gasteiger partial charge in [-0.25, -0.2) is 0 Å². The Morgan fingerprint density at radius 3 is 2.82 bits per heavy atom. The molecule has 17 heavy (non-hydrogen) atoms. The lowest BCUT2D eigenvalue weighted by atomic mass is 10.0. The van der Waals surface area contributed by atoms with Crippen LogP contribution < -0.4 is 0 Å². The molecule has 3 rings (SSSR count). The number of carbonyl (C=O) groups is 1. The summed E-state index contributed by atoms with van der Waals surface area (Å²) in [6.07, 6.45) is 3.62. The summed E-state index contributed by atoms with van der Waals surface area (Å²) in [5.74, 6) is 1.29. The molecule has 0 N–H and O–H groups in total. The molecule has 2 atom stereocenters. The van der Waals surface area contributed by atoms with Crippen molar-refractivity contribution in [3.8, 4) is 0 Å². The predicted molar refractivity (Wildman–Crippen MR) is 65.9 cm³/mol. The number of carbonyl (C=O) groups excluding carboxylic acids is 1. The second kappa shape index (κ2) is 4.17. The highest BCUT2D eigenvalue weighted by Crippen LogP contribution is 2.49. The van der Waals surface area contributed by atoms with E-state index < -0.39 is 0 Å². The molecule has 0 radical (unpaired) electrons. The molecule has 2 saturated carbocycles. The van der Waals surface area contributed by atoms with E-state index in [1.54, 1.807) is 0 Å². The molecule has 0 bridgehead atoms. The van der Waals surface area contributed by atoms with E-state index in [4.69, 9.17) is 4.74 Å². The van der Waals surface area contributed by atoms with Gasteiger partial charge in [-0.15, -0.1) is 0 Å². The van der Waals surface area contributed by atoms with Crippen LogP contribution in [0.15, 0.2) is 24.3 Å². The van der Waals surface area contributed by atoms with Gasteiger partial charge in [0.05, 0.1) is 12.5 Å². The molecule has 0 aromatic heterocycles. The van der Waals surface area contributed by atoms with Gasteiger partial charge in [-0.3, -0.25) is 4.79 Å². The van der Waals surface area contributed by atoms with Gasteiger partial charge < -0.3 is 4.74 Å². The molecule has 0 saturated heterocycles. The fourth-order valence-electron chi connectivity index (χ4n) is 2.53. The standard InChI is InChI=1S/C15H18O2/c1-2-17-15(16)14-9-13(14)12-5-3-4-11(8-12)10-6-7-10/h3-5,8,10,13-14H,2,6-7,9H2,1H3/t13-,14+/m1/s1. The monoisotopic (exact) mass is 230 g/mol. The summed E-state index contributed by atoms with van der Waals surface area (Å²) in [7, 11) is 0. The average Bonchev–Trinajstić information content (AvgIpc) is 3.21. The highest BCUT2D eigenvalue weighted by Gasteiger charge is 2.45. The van der Waals surface area contributed by atoms with Crippen LogP contribution in [-0.2, 0) is 9.53 Å². The minimum atomic E-state index is -0.0191. The molecular weight excluding hydrogens is 212 g/mol. The van der Waals surface area contributed by atoms with Crippen molar-refractivity contribution >= 4 is 5.97 Å². The minimum Gasteiger partial charge on any atom is -0.466 e. The molecule has 1 aromatic rings. The van der Waals surface area contributed by atoms with Crippen molar-refractivity contribution < 1.29 is 9.53 Å². The minimum absolute atomic E-state index is 0.0191. The van der Waals surface area contributed by atoms with Crippen LogP contribution >= 0.6 is 0 Å². The molecule has 2 heteroatoms. The fraction of sp³-hybridized carbons (Fsp3) is 0.533. The highest BCUT2D eigenvalue weighted by atomic mass is 16.5. The number of hydrogen-bond donors (Lipinski definition) is 0. The Bertz CT molecular complexity index is 434. The Balaban J connectivity index is 1.69. The smallest absolute Gasteiger partial charge is 0.309 e. The summed E-state index contributed by atoms with van der Waals surface area (Å²) in [5, 5.41) is 0. The predicted octanol–water partition coefficient (Wildman–Crippen LogP) is 3.23. The molecule has 2 aliphatic rings. The van der Waals surface area contributed by atoms with E-state index in [9.17, 15) is 4.79 Å². The quantitative estimate of drug-likeness (QED) is 0.742. The molecule has 2 fully saturated rings. The summed E-state index contributed by atoms with van der Waals surface area (Å²) < 4.78 is 5.07. The van der Waals surface area contributed by atoms with Crippen molar-refractivity contribution in [1.82, 2.24) is 0 Å². The van der Waals surface area contributed by atoms with Gasteiger partial charge in [0.1, 0.15) is 0 Å². The first-order chi connectivity index (χ1) is 8.29. The van der Waals surface area contributed by atoms with E-state index in [-0.39, 0.29) is 11.9 Å². The zero-order valence-electron chi connectivity index (χ0n) is 10.2. The molecule has 90 valence electrons. The summed E-state index contributed by atoms with van der Waals surface area (Å²) in [5.41, 5.74) is 2.78. The summed E-state index contributed by atoms with van der Waals surface area (Å²) in [6.45, 7) is 2.35. The third-order valence-corrected chi connectivity index (χ3v) is 3.77. The van der Waals surface area contributed by atoms with E-state index in [0.717, 1.165) is 12.3 Å². The maximum atomic E-state index is 11.6. The van der Waals surface area contributed by atoms with Gasteiger partial charge in [-0.1, -0.05) is 24.3 Å². The van der Waals surface area contributed by atoms with Crippen LogP contribution in [0.1, 0.15) is 49.1 Å². The number of hydrogen-bond acceptors (Lipinski definition) is 2. The van der Waals surface area contributed by atoms with Crippen molar-refractivity contribution in [3.63, 3.8) is 0 Å². The first-order valence-electron chi connectivity index (χ1n) is 6.56. The number of rotatable bonds is 4. The Hall–Kier alpha value is -1.31. The van der Waals surface area contributed by atoms with Gasteiger partial charge in [-0.2, -0.15) is 0 Å². The normalized spacial score (nSPS) is 26.6. The van der Waals surface area contributed by atoms with Gasteiger partial charge in [-0.05, 0) is 49.1 Å². The largest absolute Gasteiger partial charge is 0.466 e. The van der Waals surface area contributed by atoms with Crippen molar-refractivity contribution in [2.75, 3.05) is 6.61 Å². The maximum Gasteiger partial charge on any atom is 0.309 e. The van der Waals surface area contributed by atoms with Crippen molar-refractivity contribution in [3.05, 3.63) is 35.4 Å². The molecule has 1 aromatic carbocycles. The van der Waals surface area contributed by atoms with E-state index in [0.29, 0.717) is 12.5 Å². The van der Waals surface area contributed by atoms with E-state index in [1.165, 1.54) is 24.0 Å². The maximum absolute atomic E-state index is 11.6. The zero-order valence-corrected chi connectivity index (χ0v) is 10.2. The summed E-state index contributed by atoms with van der Waals surface area (Å²) >= 11 is 0. The molecule has 2 aliphatic carbocycles. The Kier molecular flexibility index (Phi) is 2.65. The van der Waals surface area contributed by atoms with Crippen LogP contribution in [0.3, 0.4) is 0 Å². The highest BCUT2D eigenvalue weighted by molar-refractivity contribution is 5.77. The molecule has 0 aliphatic heterocycles. The van der Waals surface area contributed by atoms with E-state index in [2.05, 4.69) is 24.3 Å². The molecule has 0 heterocycles. The lowest BCUT2D eigenvalue weighted by molar-refractivity contribution is -0.144. The molecule has 0 unspecified atom stereocenters. The van der Waals surface area contributed by atoms with Gasteiger partial charge in [0.2, 0.25) is 0 Å². The third kappa shape index (κ3) is 2.21. The lowest BCUT2D eigenvalue weighted by Gasteiger charge is -2.04. The fourth-order valence-corrected chi connectivity index (χ4v) is 2.53. The summed E-state index contributed by atoms with van der Waals surface area (Å²) in [6, 6.07) is 8.78. The Labute approximate surface area is 102 Å². The van der Waals surface area contributed by atoms with Crippen LogP contribution in [0.25, 0.3) is 0 Å². The Morgan fingerprint density at radius 1 is 1.35 bits per heavy atom. The van der Waals surface area contributed by atoms with E-state index in [1.807, 2.05) is 6.92 Å². The Morgan fingerprint density at radius 2 is 2.12 bits per heavy atom. The van der Waals surface area contributed by atoms with Crippen LogP contribution in [0, 0.1) is 5.92 Å². The zero-order chi connectivity index (χ0) is 11.8. The lowest BCUT2D eigenvalue weighted by Crippen LogP contribution is -2.07. The van der Waals surface area contributed by atoms with Crippen LogP contribution in [-0.4, -0.2) is 12.6 Å². The van der Waals surface area contributed by atoms with Crippen LogP contribution in [0.2, 0.25) is 0 Å². The third-order valence-electron chi connectivity index (χ3n) is 3.77. The second-order valence-electron chi connectivity index (χ2n) is 5.15. The molecular formula is C15H18O2. The van der Waals surface area contributed by atoms with Crippen LogP contribution in [0.4, 0.5) is 0 Å². The topological polar surface area (TPSA) is 26.3 Å². The van der Waals surface area contributed by atoms with Crippen LogP contribution in [0.5, 0.6) is 0 Å². The van der Waals surface area contributed by atoms with Crippen molar-refractivity contribution in [2.24, 2.45) is 5.92 Å². The second-order valence-corrected chi connectivity index (χ2v) is 5.15. The number of ether oxygens (including phenoxy) is 1. The summed E-state index contributed by atoms with van der Waals surface area (Å²) in [4.78, 5) is 11.6. The molecule has 0 amide bonds.